The van der Waals surface area contributed by atoms with Gasteiger partial charge in [0.25, 0.3) is 0 Å². The van der Waals surface area contributed by atoms with E-state index in [-0.39, 0.29) is 11.7 Å². The van der Waals surface area contributed by atoms with Crippen molar-refractivity contribution in [1.29, 1.82) is 0 Å². The lowest BCUT2D eigenvalue weighted by Crippen LogP contribution is -2.46. The van der Waals surface area contributed by atoms with E-state index in [1.54, 1.807) is 12.1 Å². The van der Waals surface area contributed by atoms with Crippen molar-refractivity contribution in [2.75, 3.05) is 6.54 Å². The van der Waals surface area contributed by atoms with Gasteiger partial charge in [-0.25, -0.2) is 0 Å². The molecule has 0 aliphatic heterocycles. The number of hydrogen-bond donors (Lipinski definition) is 2. The van der Waals surface area contributed by atoms with Crippen LogP contribution in [-0.4, -0.2) is 34.5 Å². The number of carbonyl (C=O) groups is 1. The van der Waals surface area contributed by atoms with Gasteiger partial charge in [-0.05, 0) is 49.3 Å². The van der Waals surface area contributed by atoms with Crippen LogP contribution in [0.15, 0.2) is 24.3 Å². The van der Waals surface area contributed by atoms with Gasteiger partial charge >= 0.3 is 0 Å². The number of carbonyl (C=O) groups excluding carboxylic acids is 1. The summed E-state index contributed by atoms with van der Waals surface area (Å²) in [4.78, 5) is 14.5. The van der Waals surface area contributed by atoms with Crippen LogP contribution in [0.2, 0.25) is 0 Å². The fraction of sp³-hybridized carbons (Fsp3) is 0.588. The molecular formula is C17H26N2O2. The molecule has 0 spiro atoms. The van der Waals surface area contributed by atoms with Crippen molar-refractivity contribution in [2.45, 2.75) is 51.6 Å². The van der Waals surface area contributed by atoms with Gasteiger partial charge in [-0.2, -0.15) is 0 Å². The first-order valence-electron chi connectivity index (χ1n) is 7.81. The monoisotopic (exact) mass is 290 g/mol. The normalized spacial score (nSPS) is 16.0. The summed E-state index contributed by atoms with van der Waals surface area (Å²) in [5.41, 5.74) is 7.09. The molecule has 1 fully saturated rings. The highest BCUT2D eigenvalue weighted by Crippen LogP contribution is 2.28. The number of hydrogen-bond acceptors (Lipinski definition) is 3. The fourth-order valence-corrected chi connectivity index (χ4v) is 2.44. The van der Waals surface area contributed by atoms with Crippen LogP contribution in [0.4, 0.5) is 0 Å². The molecule has 1 aromatic carbocycles. The van der Waals surface area contributed by atoms with Crippen LogP contribution < -0.4 is 5.73 Å². The Kier molecular flexibility index (Phi) is 5.23. The molecule has 0 heterocycles. The van der Waals surface area contributed by atoms with Crippen LogP contribution >= 0.6 is 0 Å². The highest BCUT2D eigenvalue weighted by Gasteiger charge is 2.34. The van der Waals surface area contributed by atoms with Crippen molar-refractivity contribution in [3.05, 3.63) is 29.8 Å². The molecule has 2 rings (SSSR count). The van der Waals surface area contributed by atoms with Gasteiger partial charge in [0.05, 0.1) is 6.04 Å². The summed E-state index contributed by atoms with van der Waals surface area (Å²) in [7, 11) is 0. The molecule has 0 bridgehead atoms. The Morgan fingerprint density at radius 1 is 1.33 bits per heavy atom. The zero-order valence-corrected chi connectivity index (χ0v) is 13.0. The molecule has 116 valence electrons. The minimum absolute atomic E-state index is 0.0613. The van der Waals surface area contributed by atoms with Crippen molar-refractivity contribution in [3.63, 3.8) is 0 Å². The quantitative estimate of drug-likeness (QED) is 0.809. The van der Waals surface area contributed by atoms with Crippen LogP contribution in [0.25, 0.3) is 0 Å². The van der Waals surface area contributed by atoms with Gasteiger partial charge < -0.3 is 15.7 Å². The third kappa shape index (κ3) is 4.74. The molecule has 4 nitrogen and oxygen atoms in total. The van der Waals surface area contributed by atoms with Gasteiger partial charge in [0.1, 0.15) is 5.75 Å². The molecule has 1 aliphatic rings. The molecule has 0 aromatic heterocycles. The Balaban J connectivity index is 1.94. The zero-order valence-electron chi connectivity index (χ0n) is 13.0. The lowest BCUT2D eigenvalue weighted by molar-refractivity contribution is -0.133. The second kappa shape index (κ2) is 6.94. The summed E-state index contributed by atoms with van der Waals surface area (Å²) in [6.07, 6.45) is 3.75. The van der Waals surface area contributed by atoms with Crippen molar-refractivity contribution in [2.24, 2.45) is 11.7 Å². The minimum atomic E-state index is -0.498. The summed E-state index contributed by atoms with van der Waals surface area (Å²) >= 11 is 0. The number of phenols is 1. The number of amides is 1. The lowest BCUT2D eigenvalue weighted by atomic mass is 10.0. The smallest absolute Gasteiger partial charge is 0.240 e. The van der Waals surface area contributed by atoms with Crippen molar-refractivity contribution in [3.8, 4) is 5.75 Å². The number of nitrogens with zero attached hydrogens (tertiary/aromatic N) is 1. The maximum absolute atomic E-state index is 12.6. The zero-order chi connectivity index (χ0) is 15.4. The van der Waals surface area contributed by atoms with E-state index in [1.807, 2.05) is 17.0 Å². The Morgan fingerprint density at radius 3 is 2.48 bits per heavy atom. The van der Waals surface area contributed by atoms with Crippen LogP contribution in [0, 0.1) is 5.92 Å². The molecule has 1 aromatic rings. The lowest BCUT2D eigenvalue weighted by Gasteiger charge is -2.26. The Bertz CT molecular complexity index is 466. The largest absolute Gasteiger partial charge is 0.508 e. The minimum Gasteiger partial charge on any atom is -0.508 e. The molecule has 1 amide bonds. The average Bonchev–Trinajstić information content (AvgIpc) is 3.25. The van der Waals surface area contributed by atoms with Gasteiger partial charge in [-0.1, -0.05) is 26.0 Å². The summed E-state index contributed by atoms with van der Waals surface area (Å²) in [6, 6.07) is 6.80. The SMILES string of the molecule is CC(C)CCN(C(=O)C(N)Cc1ccc(O)cc1)C1CC1. The highest BCUT2D eigenvalue weighted by molar-refractivity contribution is 5.82. The fourth-order valence-electron chi connectivity index (χ4n) is 2.44. The molecular weight excluding hydrogens is 264 g/mol. The maximum Gasteiger partial charge on any atom is 0.240 e. The summed E-state index contributed by atoms with van der Waals surface area (Å²) in [6.45, 7) is 5.16. The van der Waals surface area contributed by atoms with E-state index < -0.39 is 6.04 Å². The second-order valence-corrected chi connectivity index (χ2v) is 6.42. The van der Waals surface area contributed by atoms with E-state index >= 15 is 0 Å². The van der Waals surface area contributed by atoms with Crippen molar-refractivity contribution in [1.82, 2.24) is 4.90 Å². The molecule has 21 heavy (non-hydrogen) atoms. The van der Waals surface area contributed by atoms with E-state index in [1.165, 1.54) is 0 Å². The van der Waals surface area contributed by atoms with E-state index in [4.69, 9.17) is 5.73 Å². The molecule has 3 N–H and O–H groups in total. The molecule has 1 unspecified atom stereocenters. The number of phenolic OH excluding ortho intramolecular Hbond substituents is 1. The molecule has 0 radical (unpaired) electrons. The van der Waals surface area contributed by atoms with Gasteiger partial charge in [-0.15, -0.1) is 0 Å². The first-order chi connectivity index (χ1) is 9.97. The van der Waals surface area contributed by atoms with Crippen LogP contribution in [0.1, 0.15) is 38.7 Å². The van der Waals surface area contributed by atoms with E-state index in [9.17, 15) is 9.90 Å². The summed E-state index contributed by atoms with van der Waals surface area (Å²) in [5.74, 6) is 0.883. The third-order valence-electron chi connectivity index (χ3n) is 3.93. The van der Waals surface area contributed by atoms with Crippen molar-refractivity contribution < 1.29 is 9.90 Å². The van der Waals surface area contributed by atoms with Crippen molar-refractivity contribution >= 4 is 5.91 Å². The number of benzene rings is 1. The molecule has 1 aliphatic carbocycles. The van der Waals surface area contributed by atoms with Gasteiger partial charge in [-0.3, -0.25) is 4.79 Å². The Morgan fingerprint density at radius 2 is 1.95 bits per heavy atom. The summed E-state index contributed by atoms with van der Waals surface area (Å²) < 4.78 is 0. The number of nitrogens with two attached hydrogens (primary N) is 1. The maximum atomic E-state index is 12.6. The topological polar surface area (TPSA) is 66.6 Å². The van der Waals surface area contributed by atoms with Gasteiger partial charge in [0.15, 0.2) is 0 Å². The third-order valence-corrected chi connectivity index (χ3v) is 3.93. The molecule has 1 atom stereocenters. The molecule has 0 saturated heterocycles. The Labute approximate surface area is 126 Å². The second-order valence-electron chi connectivity index (χ2n) is 6.42. The molecule has 1 saturated carbocycles. The van der Waals surface area contributed by atoms with E-state index in [0.29, 0.717) is 18.4 Å². The molecule has 4 heteroatoms. The predicted octanol–water partition coefficient (Wildman–Crippen LogP) is 2.30. The first kappa shape index (κ1) is 15.8. The van der Waals surface area contributed by atoms with Gasteiger partial charge in [0, 0.05) is 12.6 Å². The Hall–Kier alpha value is -1.55. The average molecular weight is 290 g/mol. The number of aromatic hydroxyl groups is 1. The number of rotatable bonds is 7. The van der Waals surface area contributed by atoms with Crippen LogP contribution in [0.3, 0.4) is 0 Å². The first-order valence-corrected chi connectivity index (χ1v) is 7.81. The standard InChI is InChI=1S/C17H26N2O2/c1-12(2)9-10-19(14-5-6-14)17(21)16(18)11-13-3-7-15(20)8-4-13/h3-4,7-8,12,14,16,20H,5-6,9-11,18H2,1-2H3. The highest BCUT2D eigenvalue weighted by atomic mass is 16.3. The van der Waals surface area contributed by atoms with E-state index in [0.717, 1.165) is 31.4 Å². The van der Waals surface area contributed by atoms with Crippen LogP contribution in [-0.2, 0) is 11.2 Å². The summed E-state index contributed by atoms with van der Waals surface area (Å²) in [5, 5.41) is 9.28. The van der Waals surface area contributed by atoms with Crippen LogP contribution in [0.5, 0.6) is 5.75 Å². The predicted molar refractivity (Wildman–Crippen MR) is 84.0 cm³/mol. The van der Waals surface area contributed by atoms with E-state index in [2.05, 4.69) is 13.8 Å². The van der Waals surface area contributed by atoms with Gasteiger partial charge in [0.2, 0.25) is 5.91 Å².